The Morgan fingerprint density at radius 3 is 2.57 bits per heavy atom. The molecular weight excluding hydrogens is 494 g/mol. The number of nitrogens with one attached hydrogen (secondary N) is 2. The quantitative estimate of drug-likeness (QED) is 0.600. The predicted octanol–water partition coefficient (Wildman–Crippen LogP) is 2.77. The molecule has 13 heteroatoms. The van der Waals surface area contributed by atoms with E-state index in [9.17, 15) is 22.8 Å². The van der Waals surface area contributed by atoms with Crippen molar-refractivity contribution in [2.75, 3.05) is 36.9 Å². The summed E-state index contributed by atoms with van der Waals surface area (Å²) in [6.07, 6.45) is -3.77. The number of carbonyl (C=O) groups excluding carboxylic acids is 2. The standard InChI is InChI=1S/C24H23F4N7O2/c1-14-13-35(6-5-34(14)2)19-4-3-15(16-10-30-20(9-29)31-11-16)7-18(19)33-22(37)17-12-32-21(36)8-23(17,25)24(26,27)28/h3-4,7,10-12,14H,5-6,8,13H2,1-2H3,(H,32,36)(H,33,37)/t14-,23?/m1/s1. The second-order valence-corrected chi connectivity index (χ2v) is 8.97. The van der Waals surface area contributed by atoms with E-state index in [4.69, 9.17) is 5.26 Å². The smallest absolute Gasteiger partial charge is 0.367 e. The van der Waals surface area contributed by atoms with Crippen LogP contribution in [0.1, 0.15) is 19.2 Å². The summed E-state index contributed by atoms with van der Waals surface area (Å²) in [6.45, 7) is 3.88. The largest absolute Gasteiger partial charge is 0.427 e. The van der Waals surface area contributed by atoms with E-state index in [1.54, 1.807) is 12.1 Å². The van der Waals surface area contributed by atoms with Gasteiger partial charge in [0.15, 0.2) is 0 Å². The number of carbonyl (C=O) groups is 2. The van der Waals surface area contributed by atoms with Gasteiger partial charge in [-0.3, -0.25) is 9.59 Å². The molecular formula is C24H23F4N7O2. The van der Waals surface area contributed by atoms with Gasteiger partial charge in [0.1, 0.15) is 6.07 Å². The van der Waals surface area contributed by atoms with Crippen molar-refractivity contribution < 1.29 is 27.2 Å². The van der Waals surface area contributed by atoms with Crippen molar-refractivity contribution in [2.45, 2.75) is 31.2 Å². The molecule has 0 spiro atoms. The number of halogens is 4. The van der Waals surface area contributed by atoms with Crippen LogP contribution >= 0.6 is 0 Å². The van der Waals surface area contributed by atoms with E-state index >= 15 is 4.39 Å². The maximum Gasteiger partial charge on any atom is 0.427 e. The number of hydrogen-bond acceptors (Lipinski definition) is 7. The zero-order valence-electron chi connectivity index (χ0n) is 19.9. The molecule has 2 aliphatic heterocycles. The van der Waals surface area contributed by atoms with Crippen LogP contribution in [0.15, 0.2) is 42.4 Å². The third-order valence-electron chi connectivity index (χ3n) is 6.53. The van der Waals surface area contributed by atoms with Crippen molar-refractivity contribution in [2.24, 2.45) is 0 Å². The van der Waals surface area contributed by atoms with Gasteiger partial charge in [0.05, 0.1) is 23.4 Å². The number of hydrogen-bond donors (Lipinski definition) is 2. The fraction of sp³-hybridized carbons (Fsp3) is 0.375. The van der Waals surface area contributed by atoms with E-state index in [1.807, 2.05) is 30.3 Å². The predicted molar refractivity (Wildman–Crippen MR) is 126 cm³/mol. The average molecular weight is 517 g/mol. The van der Waals surface area contributed by atoms with Gasteiger partial charge in [-0.25, -0.2) is 14.4 Å². The lowest BCUT2D eigenvalue weighted by Crippen LogP contribution is -2.52. The lowest BCUT2D eigenvalue weighted by atomic mass is 9.88. The summed E-state index contributed by atoms with van der Waals surface area (Å²) in [4.78, 5) is 36.6. The number of amides is 2. The first-order valence-electron chi connectivity index (χ1n) is 11.3. The molecule has 2 N–H and O–H groups in total. The molecule has 194 valence electrons. The van der Waals surface area contributed by atoms with Crippen molar-refractivity contribution in [3.05, 3.63) is 48.2 Å². The summed E-state index contributed by atoms with van der Waals surface area (Å²) in [7, 11) is 1.97. The van der Waals surface area contributed by atoms with Crippen molar-refractivity contribution >= 4 is 23.2 Å². The van der Waals surface area contributed by atoms with Gasteiger partial charge in [-0.15, -0.1) is 0 Å². The molecule has 2 aliphatic rings. The first kappa shape index (κ1) is 26.0. The third kappa shape index (κ3) is 5.10. The van der Waals surface area contributed by atoms with Crippen LogP contribution < -0.4 is 15.5 Å². The van der Waals surface area contributed by atoms with Gasteiger partial charge in [-0.1, -0.05) is 6.07 Å². The highest BCUT2D eigenvalue weighted by molar-refractivity contribution is 6.08. The third-order valence-corrected chi connectivity index (χ3v) is 6.53. The highest BCUT2D eigenvalue weighted by Gasteiger charge is 2.62. The number of nitrogens with zero attached hydrogens (tertiary/aromatic N) is 5. The van der Waals surface area contributed by atoms with E-state index in [-0.39, 0.29) is 17.6 Å². The van der Waals surface area contributed by atoms with E-state index in [1.165, 1.54) is 18.5 Å². The maximum atomic E-state index is 15.1. The van der Waals surface area contributed by atoms with Crippen molar-refractivity contribution in [3.8, 4) is 17.2 Å². The van der Waals surface area contributed by atoms with Crippen molar-refractivity contribution in [1.29, 1.82) is 5.26 Å². The Morgan fingerprint density at radius 1 is 1.24 bits per heavy atom. The minimum Gasteiger partial charge on any atom is -0.367 e. The van der Waals surface area contributed by atoms with Gasteiger partial charge in [0, 0.05) is 49.8 Å². The number of benzene rings is 1. The van der Waals surface area contributed by atoms with E-state index in [0.29, 0.717) is 42.6 Å². The Kier molecular flexibility index (Phi) is 6.88. The van der Waals surface area contributed by atoms with Gasteiger partial charge in [-0.2, -0.15) is 18.4 Å². The van der Waals surface area contributed by atoms with Crippen LogP contribution in [0.3, 0.4) is 0 Å². The highest BCUT2D eigenvalue weighted by atomic mass is 19.4. The molecule has 1 aromatic heterocycles. The molecule has 1 unspecified atom stereocenters. The zero-order valence-corrected chi connectivity index (χ0v) is 19.9. The number of anilines is 2. The number of aromatic nitrogens is 2. The van der Waals surface area contributed by atoms with Crippen LogP contribution in [0, 0.1) is 11.3 Å². The fourth-order valence-corrected chi connectivity index (χ4v) is 4.22. The molecule has 1 aromatic carbocycles. The number of alkyl halides is 4. The van der Waals surface area contributed by atoms with E-state index < -0.39 is 35.7 Å². The second kappa shape index (κ2) is 9.78. The van der Waals surface area contributed by atoms with Crippen LogP contribution in [0.5, 0.6) is 0 Å². The fourth-order valence-electron chi connectivity index (χ4n) is 4.22. The Hall–Kier alpha value is -4.05. The van der Waals surface area contributed by atoms with E-state index in [2.05, 4.69) is 20.2 Å². The summed E-state index contributed by atoms with van der Waals surface area (Å²) in [6, 6.07) is 6.92. The van der Waals surface area contributed by atoms with Crippen LogP contribution in [-0.2, 0) is 9.59 Å². The topological polar surface area (TPSA) is 114 Å². The Morgan fingerprint density at radius 2 is 1.95 bits per heavy atom. The van der Waals surface area contributed by atoms with Crippen LogP contribution in [-0.4, -0.2) is 71.3 Å². The Bertz CT molecular complexity index is 1290. The Balaban J connectivity index is 1.73. The molecule has 0 saturated carbocycles. The first-order chi connectivity index (χ1) is 17.4. The molecule has 1 fully saturated rings. The summed E-state index contributed by atoms with van der Waals surface area (Å²) in [5.74, 6) is -2.57. The number of nitriles is 1. The average Bonchev–Trinajstić information content (AvgIpc) is 2.85. The minimum atomic E-state index is -5.48. The summed E-state index contributed by atoms with van der Waals surface area (Å²) in [5, 5.41) is 13.4. The Labute approximate surface area is 209 Å². The highest BCUT2D eigenvalue weighted by Crippen LogP contribution is 2.44. The van der Waals surface area contributed by atoms with Crippen LogP contribution in [0.4, 0.5) is 28.9 Å². The summed E-state index contributed by atoms with van der Waals surface area (Å²) >= 11 is 0. The molecule has 2 atom stereocenters. The van der Waals surface area contributed by atoms with Gasteiger partial charge >= 0.3 is 6.18 Å². The van der Waals surface area contributed by atoms with Crippen LogP contribution in [0.25, 0.3) is 11.1 Å². The normalized spacial score (nSPS) is 22.6. The number of piperazine rings is 1. The molecule has 2 amide bonds. The van der Waals surface area contributed by atoms with Crippen molar-refractivity contribution in [1.82, 2.24) is 20.2 Å². The molecule has 2 aromatic rings. The molecule has 4 rings (SSSR count). The maximum absolute atomic E-state index is 15.1. The summed E-state index contributed by atoms with van der Waals surface area (Å²) in [5.41, 5.74) is -3.70. The van der Waals surface area contributed by atoms with Gasteiger partial charge in [0.2, 0.25) is 17.4 Å². The molecule has 1 saturated heterocycles. The molecule has 0 aliphatic carbocycles. The molecule has 0 bridgehead atoms. The minimum absolute atomic E-state index is 0.0435. The first-order valence-corrected chi connectivity index (χ1v) is 11.3. The van der Waals surface area contributed by atoms with Gasteiger partial charge < -0.3 is 20.4 Å². The van der Waals surface area contributed by atoms with Gasteiger partial charge in [-0.05, 0) is 31.7 Å². The van der Waals surface area contributed by atoms with Gasteiger partial charge in [0.25, 0.3) is 5.91 Å². The molecule has 0 radical (unpaired) electrons. The lowest BCUT2D eigenvalue weighted by Gasteiger charge is -2.40. The number of likely N-dealkylation sites (N-methyl/N-ethyl adjacent to an activating group) is 1. The van der Waals surface area contributed by atoms with Crippen molar-refractivity contribution in [3.63, 3.8) is 0 Å². The lowest BCUT2D eigenvalue weighted by molar-refractivity contribution is -0.219. The van der Waals surface area contributed by atoms with E-state index in [0.717, 1.165) is 0 Å². The molecule has 9 nitrogen and oxygen atoms in total. The SMILES string of the molecule is C[C@@H]1CN(c2ccc(-c3cnc(C#N)nc3)cc2NC(=O)C2=CNC(=O)CC2(F)C(F)(F)F)CCN1C. The monoisotopic (exact) mass is 517 g/mol. The molecule has 37 heavy (non-hydrogen) atoms. The summed E-state index contributed by atoms with van der Waals surface area (Å²) < 4.78 is 56.0. The zero-order chi connectivity index (χ0) is 27.0. The molecule has 3 heterocycles. The second-order valence-electron chi connectivity index (χ2n) is 8.97. The number of rotatable bonds is 4. The van der Waals surface area contributed by atoms with Crippen LogP contribution in [0.2, 0.25) is 0 Å².